The monoisotopic (exact) mass is 881 g/mol. The van der Waals surface area contributed by atoms with Crippen LogP contribution in [0.1, 0.15) is 93.6 Å². The second-order valence-corrected chi connectivity index (χ2v) is 18.3. The molecule has 1 aliphatic heterocycles. The SMILES string of the molecule is CC(=O)O[C@H]1C(=O)[C@@]2(C)C([C@H](OC(=O)c3ccccc3)[C@]3(O)C[C@H](OC(=O)[C@H](O)[C@@H](NC(=O)c4ccccc4)c4ccccc4)C(C)=C1C3(C)C)[C@]1(OC(=O)C(C)C)CO[C@@H]1C[C@@H]2O. The molecule has 15 nitrogen and oxygen atoms in total. The Labute approximate surface area is 371 Å². The molecular weight excluding hydrogens is 827 g/mol. The maximum atomic E-state index is 15.6. The Morgan fingerprint density at radius 2 is 1.41 bits per heavy atom. The normalized spacial score (nSPS) is 31.3. The predicted molar refractivity (Wildman–Crippen MR) is 227 cm³/mol. The van der Waals surface area contributed by atoms with Crippen LogP contribution in [0.15, 0.2) is 102 Å². The molecule has 3 aromatic carbocycles. The minimum absolute atomic E-state index is 0.00132. The lowest BCUT2D eigenvalue weighted by molar-refractivity contribution is -0.347. The Bertz CT molecular complexity index is 2330. The van der Waals surface area contributed by atoms with Gasteiger partial charge in [-0.05, 0) is 54.8 Å². The first-order valence-corrected chi connectivity index (χ1v) is 21.4. The van der Waals surface area contributed by atoms with E-state index in [2.05, 4.69) is 5.32 Å². The van der Waals surface area contributed by atoms with Crippen LogP contribution in [0, 0.1) is 22.7 Å². The van der Waals surface area contributed by atoms with Gasteiger partial charge in [-0.3, -0.25) is 19.2 Å². The number of hydrogen-bond donors (Lipinski definition) is 4. The summed E-state index contributed by atoms with van der Waals surface area (Å²) in [6.07, 6.45) is -10.6. The van der Waals surface area contributed by atoms with Crippen molar-refractivity contribution in [2.75, 3.05) is 6.61 Å². The Morgan fingerprint density at radius 3 is 1.95 bits per heavy atom. The van der Waals surface area contributed by atoms with Crippen LogP contribution in [0.2, 0.25) is 0 Å². The summed E-state index contributed by atoms with van der Waals surface area (Å²) in [5, 5.41) is 40.5. The van der Waals surface area contributed by atoms with E-state index in [4.69, 9.17) is 23.7 Å². The summed E-state index contributed by atoms with van der Waals surface area (Å²) >= 11 is 0. The number of hydrogen-bond acceptors (Lipinski definition) is 14. The molecule has 0 aromatic heterocycles. The van der Waals surface area contributed by atoms with Crippen molar-refractivity contribution >= 4 is 35.6 Å². The first kappa shape index (κ1) is 46.3. The number of ether oxygens (including phenoxy) is 5. The van der Waals surface area contributed by atoms with Gasteiger partial charge in [0.15, 0.2) is 23.6 Å². The van der Waals surface area contributed by atoms with Gasteiger partial charge in [-0.15, -0.1) is 0 Å². The molecular formula is C49H55NO14. The second-order valence-electron chi connectivity index (χ2n) is 18.3. The molecule has 3 aliphatic carbocycles. The molecule has 0 radical (unpaired) electrons. The van der Waals surface area contributed by atoms with Crippen molar-refractivity contribution in [1.29, 1.82) is 0 Å². The molecule has 4 aliphatic rings. The highest BCUT2D eigenvalue weighted by atomic mass is 16.6. The molecule has 1 heterocycles. The number of fused-ring (bicyclic) bond motifs is 5. The highest BCUT2D eigenvalue weighted by Crippen LogP contribution is 2.64. The fraction of sp³-hybridized carbons (Fsp3) is 0.469. The van der Waals surface area contributed by atoms with E-state index >= 15 is 4.79 Å². The van der Waals surface area contributed by atoms with Crippen LogP contribution in [0.25, 0.3) is 0 Å². The fourth-order valence-corrected chi connectivity index (χ4v) is 10.2. The van der Waals surface area contributed by atoms with Crippen LogP contribution in [0.4, 0.5) is 0 Å². The average molecular weight is 882 g/mol. The summed E-state index contributed by atoms with van der Waals surface area (Å²) in [4.78, 5) is 84.6. The molecule has 64 heavy (non-hydrogen) atoms. The van der Waals surface area contributed by atoms with Gasteiger partial charge in [0.2, 0.25) is 0 Å². The number of aliphatic hydroxyl groups is 3. The molecule has 340 valence electrons. The van der Waals surface area contributed by atoms with Gasteiger partial charge in [0.1, 0.15) is 23.9 Å². The van der Waals surface area contributed by atoms with Crippen molar-refractivity contribution in [2.45, 2.75) is 115 Å². The number of carbonyl (C=O) groups excluding carboxylic acids is 6. The quantitative estimate of drug-likeness (QED) is 0.119. The van der Waals surface area contributed by atoms with Crippen LogP contribution in [0.5, 0.6) is 0 Å². The Balaban J connectivity index is 1.40. The number of amides is 1. The van der Waals surface area contributed by atoms with Gasteiger partial charge in [-0.25, -0.2) is 9.59 Å². The average Bonchev–Trinajstić information content (AvgIpc) is 3.26. The van der Waals surface area contributed by atoms with E-state index in [1.807, 2.05) is 0 Å². The van der Waals surface area contributed by atoms with Crippen molar-refractivity contribution in [3.05, 3.63) is 119 Å². The first-order chi connectivity index (χ1) is 30.2. The third kappa shape index (κ3) is 7.71. The molecule has 0 spiro atoms. The standard InChI is InChI=1S/C49H55NO14/c1-26(2)43(56)64-48-25-60-34(48)23-33(52)47(7)39(48)41(63-44(57)31-21-15-10-16-22-31)49(59)24-32(27(3)35(46(49,5)6)38(40(47)54)61-28(4)51)62-45(58)37(53)36(29-17-11-8-12-18-29)50-42(55)30-19-13-9-14-20-30/h8-22,26,32-34,36-39,41,52-53,59H,23-25H2,1-7H3,(H,50,55)/t32-,33-,34+,36-,37+,38+,39?,41-,47+,48-,49+/m0/s1. The predicted octanol–water partition coefficient (Wildman–Crippen LogP) is 4.37. The number of Topliss-reactive ketones (excluding diaryl/α,β-unsaturated/α-hetero) is 1. The minimum Gasteiger partial charge on any atom is -0.456 e. The summed E-state index contributed by atoms with van der Waals surface area (Å²) in [5.41, 5.74) is -7.06. The molecule has 15 heteroatoms. The number of rotatable bonds is 11. The molecule has 2 saturated carbocycles. The van der Waals surface area contributed by atoms with Gasteiger partial charge in [0.25, 0.3) is 5.91 Å². The summed E-state index contributed by atoms with van der Waals surface area (Å²) in [7, 11) is 0. The lowest BCUT2D eigenvalue weighted by atomic mass is 9.44. The molecule has 1 unspecified atom stereocenters. The molecule has 3 fully saturated rings. The third-order valence-corrected chi connectivity index (χ3v) is 13.9. The fourth-order valence-electron chi connectivity index (χ4n) is 10.2. The smallest absolute Gasteiger partial charge is 0.338 e. The van der Waals surface area contributed by atoms with Crippen LogP contribution < -0.4 is 5.32 Å². The van der Waals surface area contributed by atoms with E-state index in [-0.39, 0.29) is 35.3 Å². The molecule has 3 aromatic rings. The van der Waals surface area contributed by atoms with Crippen molar-refractivity contribution in [2.24, 2.45) is 22.7 Å². The van der Waals surface area contributed by atoms with Gasteiger partial charge in [0.05, 0.1) is 41.6 Å². The van der Waals surface area contributed by atoms with Crippen LogP contribution >= 0.6 is 0 Å². The number of nitrogens with one attached hydrogen (secondary N) is 1. The van der Waals surface area contributed by atoms with Gasteiger partial charge in [0, 0.05) is 30.7 Å². The summed E-state index contributed by atoms with van der Waals surface area (Å²) < 4.78 is 30.7. The zero-order valence-corrected chi connectivity index (χ0v) is 36.8. The van der Waals surface area contributed by atoms with Gasteiger partial charge < -0.3 is 44.3 Å². The zero-order valence-electron chi connectivity index (χ0n) is 36.8. The third-order valence-electron chi connectivity index (χ3n) is 13.9. The van der Waals surface area contributed by atoms with Crippen LogP contribution in [-0.2, 0) is 42.9 Å². The number of carbonyl (C=O) groups is 6. The minimum atomic E-state index is -2.40. The van der Waals surface area contributed by atoms with Crippen molar-refractivity contribution in [3.63, 3.8) is 0 Å². The van der Waals surface area contributed by atoms with Gasteiger partial charge in [-0.2, -0.15) is 0 Å². The number of ketones is 1. The Kier molecular flexibility index (Phi) is 12.5. The second kappa shape index (κ2) is 17.3. The highest BCUT2D eigenvalue weighted by molar-refractivity contribution is 5.96. The van der Waals surface area contributed by atoms with Gasteiger partial charge in [-0.1, -0.05) is 94.4 Å². The molecule has 1 saturated heterocycles. The maximum absolute atomic E-state index is 15.6. The van der Waals surface area contributed by atoms with Crippen LogP contribution in [0.3, 0.4) is 0 Å². The van der Waals surface area contributed by atoms with Crippen molar-refractivity contribution < 1.29 is 67.8 Å². The maximum Gasteiger partial charge on any atom is 0.338 e. The molecule has 1 amide bonds. The van der Waals surface area contributed by atoms with Crippen molar-refractivity contribution in [3.8, 4) is 0 Å². The lowest BCUT2D eigenvalue weighted by Gasteiger charge is -2.67. The van der Waals surface area contributed by atoms with E-state index in [0.29, 0.717) is 5.56 Å². The summed E-state index contributed by atoms with van der Waals surface area (Å²) in [6.45, 7) is 10.1. The van der Waals surface area contributed by atoms with E-state index in [0.717, 1.165) is 6.92 Å². The van der Waals surface area contributed by atoms with E-state index in [1.165, 1.54) is 26.0 Å². The number of benzene rings is 3. The Hall–Kier alpha value is -5.74. The van der Waals surface area contributed by atoms with Gasteiger partial charge >= 0.3 is 23.9 Å². The molecule has 11 atom stereocenters. The van der Waals surface area contributed by atoms with Crippen molar-refractivity contribution in [1.82, 2.24) is 5.32 Å². The van der Waals surface area contributed by atoms with Crippen LogP contribution in [-0.4, -0.2) is 105 Å². The number of esters is 4. The van der Waals surface area contributed by atoms with E-state index < -0.39 is 119 Å². The molecule has 2 bridgehead atoms. The molecule has 7 rings (SSSR count). The van der Waals surface area contributed by atoms with E-state index in [1.54, 1.807) is 107 Å². The Morgan fingerprint density at radius 1 is 0.828 bits per heavy atom. The highest BCUT2D eigenvalue weighted by Gasteiger charge is 2.78. The molecule has 4 N–H and O–H groups in total. The van der Waals surface area contributed by atoms with E-state index in [9.17, 15) is 39.3 Å². The largest absolute Gasteiger partial charge is 0.456 e. The first-order valence-electron chi connectivity index (χ1n) is 21.4. The summed E-state index contributed by atoms with van der Waals surface area (Å²) in [5.74, 6) is -7.44. The lowest BCUT2D eigenvalue weighted by Crippen LogP contribution is -2.82. The number of aliphatic hydroxyl groups excluding tert-OH is 2. The topological polar surface area (TPSA) is 221 Å². The summed E-state index contributed by atoms with van der Waals surface area (Å²) in [6, 6.07) is 23.0. The zero-order chi connectivity index (χ0) is 46.5.